The number of carboxylic acid groups (broad SMARTS) is 1. The molecule has 2 amide bonds. The maximum Gasteiger partial charge on any atom is 0.321 e. The van der Waals surface area contributed by atoms with Crippen LogP contribution in [0.4, 0.5) is 14.9 Å². The fourth-order valence-electron chi connectivity index (χ4n) is 3.02. The standard InChI is InChI=1S/C19H18ClFN2O3/c20-14-3-1-12(2-4-14)16-11-15(21)5-6-17(16)22-19(26)23-9-7-13(8-10-23)18(24)25/h1-6,11,13H,7-10H2,(H,22,26)(H,24,25). The fraction of sp³-hybridized carbons (Fsp3) is 0.263. The Morgan fingerprint density at radius 2 is 1.77 bits per heavy atom. The van der Waals surface area contributed by atoms with E-state index in [1.165, 1.54) is 18.2 Å². The lowest BCUT2D eigenvalue weighted by Gasteiger charge is -2.30. The summed E-state index contributed by atoms with van der Waals surface area (Å²) in [6.07, 6.45) is 0.854. The summed E-state index contributed by atoms with van der Waals surface area (Å²) < 4.78 is 13.7. The summed E-state index contributed by atoms with van der Waals surface area (Å²) in [4.78, 5) is 25.1. The number of hydrogen-bond donors (Lipinski definition) is 2. The van der Waals surface area contributed by atoms with Crippen LogP contribution in [0.2, 0.25) is 5.02 Å². The number of halogens is 2. The summed E-state index contributed by atoms with van der Waals surface area (Å²) in [5, 5.41) is 12.4. The lowest BCUT2D eigenvalue weighted by Crippen LogP contribution is -2.42. The van der Waals surface area contributed by atoms with Crippen LogP contribution in [0.1, 0.15) is 12.8 Å². The molecule has 26 heavy (non-hydrogen) atoms. The lowest BCUT2D eigenvalue weighted by atomic mass is 9.97. The first-order valence-corrected chi connectivity index (χ1v) is 8.66. The number of hydrogen-bond acceptors (Lipinski definition) is 2. The molecular weight excluding hydrogens is 359 g/mol. The molecule has 0 aliphatic carbocycles. The molecule has 1 fully saturated rings. The molecule has 136 valence electrons. The molecule has 0 spiro atoms. The maximum absolute atomic E-state index is 13.7. The third-order valence-electron chi connectivity index (χ3n) is 4.51. The number of anilines is 1. The van der Waals surface area contributed by atoms with Crippen molar-refractivity contribution >= 4 is 29.3 Å². The average Bonchev–Trinajstić information content (AvgIpc) is 2.64. The first-order valence-electron chi connectivity index (χ1n) is 8.28. The highest BCUT2D eigenvalue weighted by atomic mass is 35.5. The van der Waals surface area contributed by atoms with Gasteiger partial charge in [0.2, 0.25) is 0 Å². The number of piperidine rings is 1. The number of carboxylic acids is 1. The zero-order chi connectivity index (χ0) is 18.7. The largest absolute Gasteiger partial charge is 0.481 e. The molecular formula is C19H18ClFN2O3. The van der Waals surface area contributed by atoms with Crippen LogP contribution >= 0.6 is 11.6 Å². The molecule has 1 aliphatic heterocycles. The van der Waals surface area contributed by atoms with Gasteiger partial charge in [0.15, 0.2) is 0 Å². The van der Waals surface area contributed by atoms with Gasteiger partial charge >= 0.3 is 12.0 Å². The lowest BCUT2D eigenvalue weighted by molar-refractivity contribution is -0.143. The molecule has 1 aliphatic rings. The molecule has 1 heterocycles. The number of likely N-dealkylation sites (tertiary alicyclic amines) is 1. The molecule has 7 heteroatoms. The van der Waals surface area contributed by atoms with Crippen LogP contribution in [0.25, 0.3) is 11.1 Å². The number of carbonyl (C=O) groups excluding carboxylic acids is 1. The Bertz CT molecular complexity index is 818. The first kappa shape index (κ1) is 18.2. The molecule has 0 bridgehead atoms. The summed E-state index contributed by atoms with van der Waals surface area (Å²) in [6, 6.07) is 10.7. The second-order valence-corrected chi connectivity index (χ2v) is 6.66. The number of rotatable bonds is 3. The van der Waals surface area contributed by atoms with Crippen molar-refractivity contribution in [2.45, 2.75) is 12.8 Å². The van der Waals surface area contributed by atoms with E-state index in [4.69, 9.17) is 16.7 Å². The number of nitrogens with one attached hydrogen (secondary N) is 1. The van der Waals surface area contributed by atoms with Crippen LogP contribution in [0.5, 0.6) is 0 Å². The van der Waals surface area contributed by atoms with Crippen LogP contribution in [-0.2, 0) is 4.79 Å². The van der Waals surface area contributed by atoms with Crippen LogP contribution in [0, 0.1) is 11.7 Å². The zero-order valence-corrected chi connectivity index (χ0v) is 14.7. The van der Waals surface area contributed by atoms with E-state index in [1.807, 2.05) is 0 Å². The van der Waals surface area contributed by atoms with E-state index in [0.717, 1.165) is 5.56 Å². The van der Waals surface area contributed by atoms with E-state index in [9.17, 15) is 14.0 Å². The Kier molecular flexibility index (Phi) is 5.42. The summed E-state index contributed by atoms with van der Waals surface area (Å²) in [5.74, 6) is -1.64. The Hall–Kier alpha value is -2.60. The number of benzene rings is 2. The Labute approximate surface area is 155 Å². The van der Waals surface area contributed by atoms with E-state index in [1.54, 1.807) is 29.2 Å². The number of aliphatic carboxylic acids is 1. The minimum atomic E-state index is -0.825. The third kappa shape index (κ3) is 4.14. The second kappa shape index (κ2) is 7.74. The van der Waals surface area contributed by atoms with Crippen molar-refractivity contribution in [2.75, 3.05) is 18.4 Å². The molecule has 0 atom stereocenters. The molecule has 2 aromatic rings. The van der Waals surface area contributed by atoms with E-state index in [-0.39, 0.29) is 6.03 Å². The SMILES string of the molecule is O=C(O)C1CCN(C(=O)Nc2ccc(F)cc2-c2ccc(Cl)cc2)CC1. The highest BCUT2D eigenvalue weighted by molar-refractivity contribution is 6.30. The van der Waals surface area contributed by atoms with Crippen LogP contribution in [0.15, 0.2) is 42.5 Å². The predicted octanol–water partition coefficient (Wildman–Crippen LogP) is 4.47. The number of urea groups is 1. The predicted molar refractivity (Wildman–Crippen MR) is 97.8 cm³/mol. The van der Waals surface area contributed by atoms with E-state index >= 15 is 0 Å². The van der Waals surface area contributed by atoms with Crippen molar-refractivity contribution in [3.63, 3.8) is 0 Å². The fourth-order valence-corrected chi connectivity index (χ4v) is 3.14. The minimum Gasteiger partial charge on any atom is -0.481 e. The summed E-state index contributed by atoms with van der Waals surface area (Å²) in [6.45, 7) is 0.751. The summed E-state index contributed by atoms with van der Waals surface area (Å²) >= 11 is 5.90. The highest BCUT2D eigenvalue weighted by Crippen LogP contribution is 2.30. The van der Waals surface area contributed by atoms with Crippen molar-refractivity contribution in [2.24, 2.45) is 5.92 Å². The molecule has 0 aromatic heterocycles. The minimum absolute atomic E-state index is 0.323. The monoisotopic (exact) mass is 376 g/mol. The normalized spacial score (nSPS) is 14.9. The highest BCUT2D eigenvalue weighted by Gasteiger charge is 2.27. The van der Waals surface area contributed by atoms with Gasteiger partial charge in [0.1, 0.15) is 5.82 Å². The van der Waals surface area contributed by atoms with E-state index in [2.05, 4.69) is 5.32 Å². The van der Waals surface area contributed by atoms with Gasteiger partial charge in [0.25, 0.3) is 0 Å². The molecule has 0 saturated carbocycles. The van der Waals surface area contributed by atoms with E-state index < -0.39 is 17.7 Å². The van der Waals surface area contributed by atoms with Crippen LogP contribution in [-0.4, -0.2) is 35.1 Å². The van der Waals surface area contributed by atoms with Crippen LogP contribution < -0.4 is 5.32 Å². The smallest absolute Gasteiger partial charge is 0.321 e. The zero-order valence-electron chi connectivity index (χ0n) is 13.9. The topological polar surface area (TPSA) is 69.6 Å². The average molecular weight is 377 g/mol. The Balaban J connectivity index is 1.76. The molecule has 5 nitrogen and oxygen atoms in total. The molecule has 2 N–H and O–H groups in total. The van der Waals surface area contributed by atoms with Crippen molar-refractivity contribution in [1.82, 2.24) is 4.90 Å². The van der Waals surface area contributed by atoms with Crippen molar-refractivity contribution in [3.05, 3.63) is 53.3 Å². The Morgan fingerprint density at radius 1 is 1.12 bits per heavy atom. The third-order valence-corrected chi connectivity index (χ3v) is 4.76. The van der Waals surface area contributed by atoms with Crippen LogP contribution in [0.3, 0.4) is 0 Å². The van der Waals surface area contributed by atoms with E-state index in [0.29, 0.717) is 42.2 Å². The molecule has 3 rings (SSSR count). The maximum atomic E-state index is 13.7. The van der Waals surface area contributed by atoms with Crippen molar-refractivity contribution in [1.29, 1.82) is 0 Å². The summed E-state index contributed by atoms with van der Waals surface area (Å²) in [5.41, 5.74) is 1.77. The van der Waals surface area contributed by atoms with Crippen molar-refractivity contribution in [3.8, 4) is 11.1 Å². The molecule has 0 unspecified atom stereocenters. The number of carbonyl (C=O) groups is 2. The Morgan fingerprint density at radius 3 is 2.38 bits per heavy atom. The van der Waals surface area contributed by atoms with Gasteiger partial charge in [-0.3, -0.25) is 4.79 Å². The quantitative estimate of drug-likeness (QED) is 0.830. The molecule has 0 radical (unpaired) electrons. The van der Waals surface area contributed by atoms with Gasteiger partial charge in [0.05, 0.1) is 11.6 Å². The number of amides is 2. The van der Waals surface area contributed by atoms with Gasteiger partial charge < -0.3 is 15.3 Å². The van der Waals surface area contributed by atoms with Gasteiger partial charge in [-0.25, -0.2) is 9.18 Å². The van der Waals surface area contributed by atoms with Gasteiger partial charge in [-0.2, -0.15) is 0 Å². The molecule has 1 saturated heterocycles. The van der Waals surface area contributed by atoms with Gasteiger partial charge in [-0.15, -0.1) is 0 Å². The van der Waals surface area contributed by atoms with Gasteiger partial charge in [-0.05, 0) is 48.7 Å². The molecule has 2 aromatic carbocycles. The second-order valence-electron chi connectivity index (χ2n) is 6.23. The van der Waals surface area contributed by atoms with Crippen molar-refractivity contribution < 1.29 is 19.1 Å². The summed E-state index contributed by atoms with van der Waals surface area (Å²) in [7, 11) is 0. The van der Waals surface area contributed by atoms with Gasteiger partial charge in [0, 0.05) is 23.7 Å². The van der Waals surface area contributed by atoms with Gasteiger partial charge in [-0.1, -0.05) is 23.7 Å². The number of nitrogens with zero attached hydrogens (tertiary/aromatic N) is 1. The first-order chi connectivity index (χ1) is 12.4.